The highest BCUT2D eigenvalue weighted by atomic mass is 35.5. The molecular weight excluding hydrogens is 308 g/mol. The molecule has 0 saturated heterocycles. The van der Waals surface area contributed by atoms with Crippen LogP contribution in [0.5, 0.6) is 5.75 Å². The van der Waals surface area contributed by atoms with Crippen molar-refractivity contribution in [2.75, 3.05) is 20.7 Å². The Kier molecular flexibility index (Phi) is 6.88. The molecule has 1 N–H and O–H groups in total. The first-order valence-electron chi connectivity index (χ1n) is 6.58. The van der Waals surface area contributed by atoms with E-state index in [1.165, 1.54) is 0 Å². The lowest BCUT2D eigenvalue weighted by molar-refractivity contribution is -0.137. The molecule has 22 heavy (non-hydrogen) atoms. The third-order valence-corrected chi connectivity index (χ3v) is 3.04. The lowest BCUT2D eigenvalue weighted by Crippen LogP contribution is -2.21. The summed E-state index contributed by atoms with van der Waals surface area (Å²) in [5.41, 5.74) is 0.919. The number of hydrogen-bond donors (Lipinski definition) is 1. The van der Waals surface area contributed by atoms with Gasteiger partial charge in [-0.15, -0.1) is 12.4 Å². The van der Waals surface area contributed by atoms with Crippen LogP contribution in [0.2, 0.25) is 0 Å². The van der Waals surface area contributed by atoms with Crippen LogP contribution in [0.3, 0.4) is 0 Å². The van der Waals surface area contributed by atoms with Crippen LogP contribution >= 0.6 is 12.4 Å². The van der Waals surface area contributed by atoms with Crippen LogP contribution < -0.4 is 4.74 Å². The van der Waals surface area contributed by atoms with E-state index >= 15 is 0 Å². The van der Waals surface area contributed by atoms with E-state index in [1.54, 1.807) is 13.3 Å². The van der Waals surface area contributed by atoms with Crippen LogP contribution in [0, 0.1) is 0 Å². The van der Waals surface area contributed by atoms with E-state index in [4.69, 9.17) is 14.3 Å². The number of halogens is 1. The summed E-state index contributed by atoms with van der Waals surface area (Å²) in [6.07, 6.45) is 1.77. The number of rotatable bonds is 7. The number of nitrogens with zero attached hydrogens (tertiary/aromatic N) is 2. The lowest BCUT2D eigenvalue weighted by atomic mass is 10.2. The maximum atomic E-state index is 10.5. The summed E-state index contributed by atoms with van der Waals surface area (Å²) < 4.78 is 10.8. The minimum Gasteiger partial charge on any atom is -0.497 e. The molecule has 6 nitrogen and oxygen atoms in total. The molecule has 0 unspecified atom stereocenters. The third-order valence-electron chi connectivity index (χ3n) is 3.04. The summed E-state index contributed by atoms with van der Waals surface area (Å²) in [5.74, 6) is 1.22. The Hall–Kier alpha value is -2.05. The SMILES string of the molecule is COc1ccc(-c2cnc(CN(C)CCC(=O)O)o2)cc1.Cl. The van der Waals surface area contributed by atoms with Gasteiger partial charge in [0.2, 0.25) is 5.89 Å². The van der Waals surface area contributed by atoms with Crippen molar-refractivity contribution in [2.24, 2.45) is 0 Å². The van der Waals surface area contributed by atoms with Crippen molar-refractivity contribution >= 4 is 18.4 Å². The number of carboxylic acid groups (broad SMARTS) is 1. The summed E-state index contributed by atoms with van der Waals surface area (Å²) in [5, 5.41) is 8.65. The predicted octanol–water partition coefficient (Wildman–Crippen LogP) is 2.68. The summed E-state index contributed by atoms with van der Waals surface area (Å²) in [6.45, 7) is 0.930. The monoisotopic (exact) mass is 326 g/mol. The number of ether oxygens (including phenoxy) is 1. The average molecular weight is 327 g/mol. The van der Waals surface area contributed by atoms with Gasteiger partial charge in [0.15, 0.2) is 5.76 Å². The third kappa shape index (κ3) is 5.05. The Bertz CT molecular complexity index is 598. The van der Waals surface area contributed by atoms with E-state index in [1.807, 2.05) is 36.2 Å². The molecule has 0 aliphatic heterocycles. The zero-order chi connectivity index (χ0) is 15.2. The molecule has 0 spiro atoms. The second kappa shape index (κ2) is 8.41. The molecule has 0 bridgehead atoms. The van der Waals surface area contributed by atoms with Gasteiger partial charge in [-0.25, -0.2) is 4.98 Å². The molecule has 0 atom stereocenters. The van der Waals surface area contributed by atoms with Crippen molar-refractivity contribution in [1.82, 2.24) is 9.88 Å². The minimum atomic E-state index is -0.812. The highest BCUT2D eigenvalue weighted by Gasteiger charge is 2.10. The molecule has 0 fully saturated rings. The van der Waals surface area contributed by atoms with Gasteiger partial charge in [-0.2, -0.15) is 0 Å². The molecule has 1 heterocycles. The van der Waals surface area contributed by atoms with Crippen LogP contribution in [-0.4, -0.2) is 41.7 Å². The molecular formula is C15H19ClN2O4. The van der Waals surface area contributed by atoms with Crippen LogP contribution in [0.1, 0.15) is 12.3 Å². The van der Waals surface area contributed by atoms with E-state index in [9.17, 15) is 4.79 Å². The number of carboxylic acids is 1. The van der Waals surface area contributed by atoms with Crippen molar-refractivity contribution in [3.05, 3.63) is 36.4 Å². The molecule has 1 aromatic heterocycles. The van der Waals surface area contributed by atoms with Gasteiger partial charge in [0.25, 0.3) is 0 Å². The molecule has 0 amide bonds. The molecule has 120 valence electrons. The molecule has 2 rings (SSSR count). The minimum absolute atomic E-state index is 0. The van der Waals surface area contributed by atoms with Crippen LogP contribution in [0.4, 0.5) is 0 Å². The highest BCUT2D eigenvalue weighted by molar-refractivity contribution is 5.85. The molecule has 2 aromatic rings. The number of aromatic nitrogens is 1. The van der Waals surface area contributed by atoms with Gasteiger partial charge in [-0.1, -0.05) is 0 Å². The van der Waals surface area contributed by atoms with Crippen LogP contribution in [-0.2, 0) is 11.3 Å². The molecule has 0 aliphatic rings. The maximum Gasteiger partial charge on any atom is 0.304 e. The fourth-order valence-electron chi connectivity index (χ4n) is 1.87. The average Bonchev–Trinajstić information content (AvgIpc) is 2.93. The zero-order valence-corrected chi connectivity index (χ0v) is 13.3. The highest BCUT2D eigenvalue weighted by Crippen LogP contribution is 2.23. The normalized spacial score (nSPS) is 10.3. The van der Waals surface area contributed by atoms with Gasteiger partial charge >= 0.3 is 5.97 Å². The second-order valence-corrected chi connectivity index (χ2v) is 4.73. The van der Waals surface area contributed by atoms with Crippen molar-refractivity contribution in [3.8, 4) is 17.1 Å². The van der Waals surface area contributed by atoms with E-state index in [0.717, 1.165) is 11.3 Å². The van der Waals surface area contributed by atoms with Gasteiger partial charge < -0.3 is 14.3 Å². The Balaban J connectivity index is 0.00000242. The summed E-state index contributed by atoms with van der Waals surface area (Å²) >= 11 is 0. The summed E-state index contributed by atoms with van der Waals surface area (Å²) in [4.78, 5) is 16.6. The fraction of sp³-hybridized carbons (Fsp3) is 0.333. The van der Waals surface area contributed by atoms with Crippen molar-refractivity contribution < 1.29 is 19.1 Å². The van der Waals surface area contributed by atoms with Crippen molar-refractivity contribution in [1.29, 1.82) is 0 Å². The number of benzene rings is 1. The topological polar surface area (TPSA) is 75.8 Å². The van der Waals surface area contributed by atoms with Gasteiger partial charge in [0, 0.05) is 12.1 Å². The Morgan fingerprint density at radius 1 is 1.36 bits per heavy atom. The number of methoxy groups -OCH3 is 1. The molecule has 0 aliphatic carbocycles. The van der Waals surface area contributed by atoms with Gasteiger partial charge in [-0.05, 0) is 31.3 Å². The summed E-state index contributed by atoms with van der Waals surface area (Å²) in [7, 11) is 3.45. The first-order valence-corrected chi connectivity index (χ1v) is 6.58. The standard InChI is InChI=1S/C15H18N2O4.ClH/c1-17(8-7-15(18)19)10-14-16-9-13(21-14)11-3-5-12(20-2)6-4-11;/h3-6,9H,7-8,10H2,1-2H3,(H,18,19);1H. The second-order valence-electron chi connectivity index (χ2n) is 4.73. The molecule has 0 radical (unpaired) electrons. The van der Waals surface area contributed by atoms with Crippen LogP contribution in [0.15, 0.2) is 34.9 Å². The first kappa shape index (κ1) is 18.0. The number of hydrogen-bond acceptors (Lipinski definition) is 5. The van der Waals surface area contributed by atoms with Gasteiger partial charge in [0.05, 0.1) is 26.3 Å². The van der Waals surface area contributed by atoms with Crippen molar-refractivity contribution in [2.45, 2.75) is 13.0 Å². The molecule has 0 saturated carbocycles. The summed E-state index contributed by atoms with van der Waals surface area (Å²) in [6, 6.07) is 7.52. The zero-order valence-electron chi connectivity index (χ0n) is 12.5. The number of aliphatic carboxylic acids is 1. The van der Waals surface area contributed by atoms with Gasteiger partial charge in [-0.3, -0.25) is 9.69 Å². The first-order chi connectivity index (χ1) is 10.1. The van der Waals surface area contributed by atoms with E-state index in [0.29, 0.717) is 24.7 Å². The quantitative estimate of drug-likeness (QED) is 0.843. The van der Waals surface area contributed by atoms with E-state index < -0.39 is 5.97 Å². The van der Waals surface area contributed by atoms with Crippen LogP contribution in [0.25, 0.3) is 11.3 Å². The van der Waals surface area contributed by atoms with E-state index in [-0.39, 0.29) is 18.8 Å². The lowest BCUT2D eigenvalue weighted by Gasteiger charge is -2.12. The molecule has 7 heteroatoms. The Morgan fingerprint density at radius 2 is 2.05 bits per heavy atom. The van der Waals surface area contributed by atoms with Crippen molar-refractivity contribution in [3.63, 3.8) is 0 Å². The van der Waals surface area contributed by atoms with E-state index in [2.05, 4.69) is 4.98 Å². The Morgan fingerprint density at radius 3 is 2.64 bits per heavy atom. The largest absolute Gasteiger partial charge is 0.497 e. The molecule has 1 aromatic carbocycles. The maximum absolute atomic E-state index is 10.5. The Labute approximate surface area is 135 Å². The number of carbonyl (C=O) groups is 1. The smallest absolute Gasteiger partial charge is 0.304 e. The predicted molar refractivity (Wildman–Crippen MR) is 84.3 cm³/mol. The fourth-order valence-corrected chi connectivity index (χ4v) is 1.87. The van der Waals surface area contributed by atoms with Gasteiger partial charge in [0.1, 0.15) is 5.75 Å². The number of oxazole rings is 1.